The van der Waals surface area contributed by atoms with Crippen molar-refractivity contribution in [3.63, 3.8) is 0 Å². The Morgan fingerprint density at radius 1 is 1.00 bits per heavy atom. The van der Waals surface area contributed by atoms with Crippen molar-refractivity contribution < 1.29 is 10.2 Å². The van der Waals surface area contributed by atoms with E-state index in [1.807, 2.05) is 0 Å². The Morgan fingerprint density at radius 2 is 1.56 bits per heavy atom. The molecule has 0 saturated carbocycles. The molecular formula is C8H8N4O4. The Labute approximate surface area is 88.1 Å². The van der Waals surface area contributed by atoms with Gasteiger partial charge in [0.05, 0.1) is 0 Å². The summed E-state index contributed by atoms with van der Waals surface area (Å²) in [5, 5.41) is 18.3. The Bertz CT molecular complexity index is 700. The maximum Gasteiger partial charge on any atom is 0.332 e. The second-order valence-electron chi connectivity index (χ2n) is 3.25. The third kappa shape index (κ3) is 1.16. The van der Waals surface area contributed by atoms with Crippen molar-refractivity contribution in [3.8, 4) is 11.8 Å². The van der Waals surface area contributed by atoms with Crippen LogP contribution in [-0.2, 0) is 14.1 Å². The Hall–Kier alpha value is -2.38. The molecule has 0 aliphatic carbocycles. The summed E-state index contributed by atoms with van der Waals surface area (Å²) >= 11 is 0. The summed E-state index contributed by atoms with van der Waals surface area (Å²) in [7, 11) is 2.67. The molecule has 0 atom stereocenters. The molecule has 0 bridgehead atoms. The number of rotatable bonds is 0. The van der Waals surface area contributed by atoms with Gasteiger partial charge < -0.3 is 10.2 Å². The molecule has 0 aliphatic rings. The minimum atomic E-state index is -0.747. The van der Waals surface area contributed by atoms with Crippen LogP contribution in [0, 0.1) is 0 Å². The van der Waals surface area contributed by atoms with E-state index in [9.17, 15) is 9.59 Å². The fraction of sp³-hybridized carbons (Fsp3) is 0.250. The van der Waals surface area contributed by atoms with Crippen molar-refractivity contribution in [2.45, 2.75) is 0 Å². The summed E-state index contributed by atoms with van der Waals surface area (Å²) in [6.07, 6.45) is 0. The molecular weight excluding hydrogens is 216 g/mol. The molecule has 84 valence electrons. The van der Waals surface area contributed by atoms with E-state index < -0.39 is 23.0 Å². The summed E-state index contributed by atoms with van der Waals surface area (Å²) < 4.78 is 1.90. The van der Waals surface area contributed by atoms with Gasteiger partial charge in [-0.3, -0.25) is 13.9 Å². The number of fused-ring (bicyclic) bond motifs is 1. The number of aromatic hydroxyl groups is 2. The molecule has 2 aromatic heterocycles. The second kappa shape index (κ2) is 3.05. The number of hydrogen-bond donors (Lipinski definition) is 2. The van der Waals surface area contributed by atoms with Crippen LogP contribution in [-0.4, -0.2) is 29.3 Å². The van der Waals surface area contributed by atoms with E-state index in [4.69, 9.17) is 10.2 Å². The van der Waals surface area contributed by atoms with Gasteiger partial charge in [-0.25, -0.2) is 4.79 Å². The average Bonchev–Trinajstić information content (AvgIpc) is 2.26. The van der Waals surface area contributed by atoms with E-state index in [0.717, 1.165) is 9.13 Å². The lowest BCUT2D eigenvalue weighted by atomic mass is 10.4. The zero-order chi connectivity index (χ0) is 12.0. The molecule has 8 heteroatoms. The van der Waals surface area contributed by atoms with Gasteiger partial charge in [0.2, 0.25) is 0 Å². The Balaban J connectivity index is 3.16. The molecule has 2 rings (SSSR count). The highest BCUT2D eigenvalue weighted by Crippen LogP contribution is 2.19. The maximum absolute atomic E-state index is 11.6. The van der Waals surface area contributed by atoms with Crippen LogP contribution in [0.4, 0.5) is 0 Å². The third-order valence-corrected chi connectivity index (χ3v) is 2.24. The van der Waals surface area contributed by atoms with E-state index in [1.165, 1.54) is 14.1 Å². The topological polar surface area (TPSA) is 110 Å². The number of aryl methyl sites for hydroxylation is 1. The smallest absolute Gasteiger partial charge is 0.332 e. The van der Waals surface area contributed by atoms with Crippen molar-refractivity contribution >= 4 is 11.2 Å². The molecule has 2 heterocycles. The first kappa shape index (κ1) is 10.1. The Kier molecular flexibility index (Phi) is 1.94. The second-order valence-corrected chi connectivity index (χ2v) is 3.25. The average molecular weight is 224 g/mol. The largest absolute Gasteiger partial charge is 0.489 e. The summed E-state index contributed by atoms with van der Waals surface area (Å²) in [6, 6.07) is 0. The fourth-order valence-electron chi connectivity index (χ4n) is 1.35. The molecule has 2 aromatic rings. The molecule has 8 nitrogen and oxygen atoms in total. The van der Waals surface area contributed by atoms with Crippen LogP contribution in [0.5, 0.6) is 11.8 Å². The first-order valence-corrected chi connectivity index (χ1v) is 4.29. The van der Waals surface area contributed by atoms with Gasteiger partial charge in [0.1, 0.15) is 0 Å². The first-order chi connectivity index (χ1) is 7.43. The third-order valence-electron chi connectivity index (χ3n) is 2.24. The Morgan fingerprint density at radius 3 is 2.19 bits per heavy atom. The zero-order valence-electron chi connectivity index (χ0n) is 8.50. The molecule has 0 aromatic carbocycles. The highest BCUT2D eigenvalue weighted by Gasteiger charge is 2.14. The van der Waals surface area contributed by atoms with Crippen LogP contribution in [0.1, 0.15) is 0 Å². The molecule has 0 saturated heterocycles. The minimum absolute atomic E-state index is 0.0802. The van der Waals surface area contributed by atoms with Crippen molar-refractivity contribution in [3.05, 3.63) is 20.8 Å². The van der Waals surface area contributed by atoms with Crippen molar-refractivity contribution in [2.24, 2.45) is 14.1 Å². The fourth-order valence-corrected chi connectivity index (χ4v) is 1.35. The standard InChI is InChI=1S/C8H8N4O4/c1-11-4-3(7(15)12(2)8(11)16)9-5(13)6(14)10-4/h1-2H3,(H,9,13)(H,10,14). The van der Waals surface area contributed by atoms with E-state index in [0.29, 0.717) is 0 Å². The van der Waals surface area contributed by atoms with Gasteiger partial charge >= 0.3 is 5.69 Å². The van der Waals surface area contributed by atoms with Gasteiger partial charge in [0.15, 0.2) is 11.2 Å². The zero-order valence-corrected chi connectivity index (χ0v) is 8.50. The molecule has 16 heavy (non-hydrogen) atoms. The van der Waals surface area contributed by atoms with Gasteiger partial charge in [-0.2, -0.15) is 9.97 Å². The molecule has 0 unspecified atom stereocenters. The highest BCUT2D eigenvalue weighted by molar-refractivity contribution is 5.70. The van der Waals surface area contributed by atoms with Crippen LogP contribution in [0.2, 0.25) is 0 Å². The van der Waals surface area contributed by atoms with E-state index >= 15 is 0 Å². The lowest BCUT2D eigenvalue weighted by Gasteiger charge is -2.06. The first-order valence-electron chi connectivity index (χ1n) is 4.29. The molecule has 2 N–H and O–H groups in total. The molecule has 0 fully saturated rings. The number of aromatic nitrogens is 4. The van der Waals surface area contributed by atoms with Crippen molar-refractivity contribution in [2.75, 3.05) is 0 Å². The highest BCUT2D eigenvalue weighted by atomic mass is 16.3. The van der Waals surface area contributed by atoms with Crippen LogP contribution in [0.15, 0.2) is 9.59 Å². The van der Waals surface area contributed by atoms with Crippen molar-refractivity contribution in [1.29, 1.82) is 0 Å². The van der Waals surface area contributed by atoms with Crippen LogP contribution < -0.4 is 11.2 Å². The number of hydrogen-bond acceptors (Lipinski definition) is 6. The minimum Gasteiger partial charge on any atom is -0.489 e. The van der Waals surface area contributed by atoms with Gasteiger partial charge in [0, 0.05) is 14.1 Å². The normalized spacial score (nSPS) is 10.9. The van der Waals surface area contributed by atoms with E-state index in [-0.39, 0.29) is 11.2 Å². The predicted octanol–water partition coefficient (Wildman–Crippen LogP) is -1.56. The molecule has 0 spiro atoms. The van der Waals surface area contributed by atoms with Crippen LogP contribution in [0.3, 0.4) is 0 Å². The summed E-state index contributed by atoms with van der Waals surface area (Å²) in [6.45, 7) is 0. The molecule has 0 aliphatic heterocycles. The van der Waals surface area contributed by atoms with Crippen molar-refractivity contribution in [1.82, 2.24) is 19.1 Å². The molecule has 0 radical (unpaired) electrons. The SMILES string of the molecule is Cn1c(=O)c2nc(O)c(O)nc2n(C)c1=O. The molecule has 0 amide bonds. The lowest BCUT2D eigenvalue weighted by molar-refractivity contribution is 0.376. The van der Waals surface area contributed by atoms with E-state index in [1.54, 1.807) is 0 Å². The van der Waals surface area contributed by atoms with Gasteiger partial charge in [-0.05, 0) is 0 Å². The van der Waals surface area contributed by atoms with E-state index in [2.05, 4.69) is 9.97 Å². The van der Waals surface area contributed by atoms with Crippen LogP contribution >= 0.6 is 0 Å². The monoisotopic (exact) mass is 224 g/mol. The summed E-state index contributed by atoms with van der Waals surface area (Å²) in [4.78, 5) is 30.2. The van der Waals surface area contributed by atoms with Gasteiger partial charge in [0.25, 0.3) is 17.3 Å². The quantitative estimate of drug-likeness (QED) is 0.559. The van der Waals surface area contributed by atoms with Crippen LogP contribution in [0.25, 0.3) is 11.2 Å². The number of nitrogens with zero attached hydrogens (tertiary/aromatic N) is 4. The summed E-state index contributed by atoms with van der Waals surface area (Å²) in [5.41, 5.74) is -1.53. The summed E-state index contributed by atoms with van der Waals surface area (Å²) in [5.74, 6) is -1.47. The predicted molar refractivity (Wildman–Crippen MR) is 53.3 cm³/mol. The van der Waals surface area contributed by atoms with Gasteiger partial charge in [-0.1, -0.05) is 0 Å². The van der Waals surface area contributed by atoms with Gasteiger partial charge in [-0.15, -0.1) is 0 Å². The maximum atomic E-state index is 11.6. The lowest BCUT2D eigenvalue weighted by Crippen LogP contribution is -2.37.